The molecule has 0 aliphatic carbocycles. The van der Waals surface area contributed by atoms with Crippen LogP contribution in [-0.4, -0.2) is 31.2 Å². The van der Waals surface area contributed by atoms with Gasteiger partial charge in [-0.05, 0) is 30.0 Å². The van der Waals surface area contributed by atoms with Gasteiger partial charge in [0.1, 0.15) is 0 Å². The monoisotopic (exact) mass is 336 g/mol. The Kier molecular flexibility index (Phi) is 5.34. The average Bonchev–Trinajstić information content (AvgIpc) is 2.64. The van der Waals surface area contributed by atoms with E-state index in [0.717, 1.165) is 0 Å². The van der Waals surface area contributed by atoms with Gasteiger partial charge in [-0.3, -0.25) is 0 Å². The Bertz CT molecular complexity index is 673. The van der Waals surface area contributed by atoms with Crippen LogP contribution in [0.3, 0.4) is 0 Å². The van der Waals surface area contributed by atoms with Gasteiger partial charge in [0.15, 0.2) is 0 Å². The molecule has 0 bridgehead atoms. The molecule has 1 aliphatic heterocycles. The predicted molar refractivity (Wildman–Crippen MR) is 109 cm³/mol. The van der Waals surface area contributed by atoms with Gasteiger partial charge in [0.25, 0.3) is 0 Å². The summed E-state index contributed by atoms with van der Waals surface area (Å²) in [5.74, 6) is 0. The quantitative estimate of drug-likeness (QED) is 0.591. The molecule has 1 nitrogen and oxygen atoms in total. The number of benzene rings is 2. The predicted octanol–water partition coefficient (Wildman–Crippen LogP) is 5.96. The van der Waals surface area contributed by atoms with Crippen LogP contribution in [0.5, 0.6) is 0 Å². The number of aryl methyl sites for hydroxylation is 1. The summed E-state index contributed by atoms with van der Waals surface area (Å²) in [5, 5.41) is 0. The van der Waals surface area contributed by atoms with Gasteiger partial charge in [0.05, 0.1) is 26.7 Å². The lowest BCUT2D eigenvalue weighted by Gasteiger charge is -2.45. The molecule has 1 saturated heterocycles. The maximum absolute atomic E-state index is 2.47. The van der Waals surface area contributed by atoms with Gasteiger partial charge in [-0.2, -0.15) is 0 Å². The van der Waals surface area contributed by atoms with E-state index in [4.69, 9.17) is 0 Å². The Morgan fingerprint density at radius 3 is 1.92 bits per heavy atom. The third-order valence-corrected chi connectivity index (χ3v) is 6.43. The fourth-order valence-electron chi connectivity index (χ4n) is 4.13. The molecule has 1 fully saturated rings. The molecule has 0 aromatic heterocycles. The van der Waals surface area contributed by atoms with E-state index < -0.39 is 0 Å². The van der Waals surface area contributed by atoms with Crippen molar-refractivity contribution in [2.45, 2.75) is 51.9 Å². The molecule has 2 aromatic carbocycles. The molecule has 25 heavy (non-hydrogen) atoms. The molecule has 0 radical (unpaired) electrons. The first kappa shape index (κ1) is 18.2. The zero-order valence-corrected chi connectivity index (χ0v) is 16.5. The second-order valence-corrected chi connectivity index (χ2v) is 8.65. The van der Waals surface area contributed by atoms with Crippen molar-refractivity contribution in [1.82, 2.24) is 0 Å². The highest BCUT2D eigenvalue weighted by molar-refractivity contribution is 5.64. The maximum Gasteiger partial charge on any atom is 0.0793 e. The van der Waals surface area contributed by atoms with Crippen molar-refractivity contribution in [2.75, 3.05) is 26.7 Å². The van der Waals surface area contributed by atoms with Gasteiger partial charge in [0, 0.05) is 18.3 Å². The van der Waals surface area contributed by atoms with Gasteiger partial charge in [-0.25, -0.2) is 0 Å². The number of rotatable bonds is 5. The van der Waals surface area contributed by atoms with Crippen LogP contribution in [0.25, 0.3) is 11.1 Å². The van der Waals surface area contributed by atoms with Crippen molar-refractivity contribution in [3.63, 3.8) is 0 Å². The maximum atomic E-state index is 2.47. The highest BCUT2D eigenvalue weighted by Crippen LogP contribution is 2.38. The number of unbranched alkanes of at least 4 members (excludes halogenated alkanes) is 1. The van der Waals surface area contributed by atoms with Gasteiger partial charge in [0.2, 0.25) is 0 Å². The highest BCUT2D eigenvalue weighted by atomic mass is 15.3. The topological polar surface area (TPSA) is 0 Å². The summed E-state index contributed by atoms with van der Waals surface area (Å²) in [6, 6.07) is 18.2. The molecule has 0 amide bonds. The van der Waals surface area contributed by atoms with E-state index in [2.05, 4.69) is 76.3 Å². The van der Waals surface area contributed by atoms with Crippen LogP contribution in [0, 0.1) is 6.92 Å². The zero-order chi connectivity index (χ0) is 17.9. The summed E-state index contributed by atoms with van der Waals surface area (Å²) >= 11 is 0. The van der Waals surface area contributed by atoms with Gasteiger partial charge < -0.3 is 4.48 Å². The number of likely N-dealkylation sites (tertiary alicyclic amines) is 1. The summed E-state index contributed by atoms with van der Waals surface area (Å²) in [6.07, 6.45) is 5.28. The lowest BCUT2D eigenvalue weighted by Crippen LogP contribution is -2.53. The Morgan fingerprint density at radius 1 is 0.880 bits per heavy atom. The smallest absolute Gasteiger partial charge is 0.0793 e. The summed E-state index contributed by atoms with van der Waals surface area (Å²) in [6.45, 7) is 10.9. The SMILES string of the molecule is CCCC[N+]1(C)CCC(C)(c2ccc(-c3ccc(C)cc3)cc2)CC1. The molecular weight excluding hydrogens is 302 g/mol. The van der Waals surface area contributed by atoms with Crippen LogP contribution in [0.2, 0.25) is 0 Å². The van der Waals surface area contributed by atoms with Gasteiger partial charge in [-0.15, -0.1) is 0 Å². The largest absolute Gasteiger partial charge is 0.326 e. The number of hydrogen-bond acceptors (Lipinski definition) is 0. The Balaban J connectivity index is 1.71. The third-order valence-electron chi connectivity index (χ3n) is 6.43. The number of nitrogens with zero attached hydrogens (tertiary/aromatic N) is 1. The first-order valence-corrected chi connectivity index (χ1v) is 9.95. The molecule has 0 N–H and O–H groups in total. The molecule has 0 atom stereocenters. The van der Waals surface area contributed by atoms with Crippen LogP contribution < -0.4 is 0 Å². The number of hydrogen-bond donors (Lipinski definition) is 0. The zero-order valence-electron chi connectivity index (χ0n) is 16.5. The number of quaternary nitrogens is 1. The van der Waals surface area contributed by atoms with Crippen molar-refractivity contribution < 1.29 is 4.48 Å². The average molecular weight is 337 g/mol. The minimum Gasteiger partial charge on any atom is -0.326 e. The molecule has 134 valence electrons. The molecule has 1 heteroatoms. The van der Waals surface area contributed by atoms with E-state index >= 15 is 0 Å². The van der Waals surface area contributed by atoms with Crippen molar-refractivity contribution in [2.24, 2.45) is 0 Å². The fraction of sp³-hybridized carbons (Fsp3) is 0.500. The standard InChI is InChI=1S/C24H34N/c1-5-6-17-25(4)18-15-24(3,16-19-25)23-13-11-22(12-14-23)21-9-7-20(2)8-10-21/h7-14H,5-6,15-19H2,1-4H3/q+1. The molecular formula is C24H34N+. The van der Waals surface area contributed by atoms with Crippen molar-refractivity contribution >= 4 is 0 Å². The highest BCUT2D eigenvalue weighted by Gasteiger charge is 2.38. The van der Waals surface area contributed by atoms with Crippen LogP contribution >= 0.6 is 0 Å². The molecule has 1 aliphatic rings. The van der Waals surface area contributed by atoms with E-state index in [1.807, 2.05) is 0 Å². The summed E-state index contributed by atoms with van der Waals surface area (Å²) in [7, 11) is 2.45. The van der Waals surface area contributed by atoms with Crippen LogP contribution in [0.1, 0.15) is 50.7 Å². The normalized spacial score (nSPS) is 26.6. The van der Waals surface area contributed by atoms with Crippen molar-refractivity contribution in [1.29, 1.82) is 0 Å². The Labute approximate surface area is 154 Å². The Morgan fingerprint density at radius 2 is 1.40 bits per heavy atom. The van der Waals surface area contributed by atoms with Gasteiger partial charge >= 0.3 is 0 Å². The third kappa shape index (κ3) is 4.15. The second-order valence-electron chi connectivity index (χ2n) is 8.65. The first-order valence-electron chi connectivity index (χ1n) is 9.95. The number of piperidine rings is 1. The van der Waals surface area contributed by atoms with Crippen LogP contribution in [0.4, 0.5) is 0 Å². The Hall–Kier alpha value is -1.60. The second kappa shape index (κ2) is 7.33. The lowest BCUT2D eigenvalue weighted by atomic mass is 9.73. The van der Waals surface area contributed by atoms with Gasteiger partial charge in [-0.1, -0.05) is 74.4 Å². The van der Waals surface area contributed by atoms with E-state index in [-0.39, 0.29) is 0 Å². The molecule has 3 rings (SSSR count). The molecule has 2 aromatic rings. The van der Waals surface area contributed by atoms with Crippen molar-refractivity contribution in [3.8, 4) is 11.1 Å². The van der Waals surface area contributed by atoms with Crippen LogP contribution in [0.15, 0.2) is 48.5 Å². The fourth-order valence-corrected chi connectivity index (χ4v) is 4.13. The van der Waals surface area contributed by atoms with E-state index in [0.29, 0.717) is 5.41 Å². The lowest BCUT2D eigenvalue weighted by molar-refractivity contribution is -0.915. The summed E-state index contributed by atoms with van der Waals surface area (Å²) in [5.41, 5.74) is 5.82. The van der Waals surface area contributed by atoms with Crippen molar-refractivity contribution in [3.05, 3.63) is 59.7 Å². The van der Waals surface area contributed by atoms with E-state index in [9.17, 15) is 0 Å². The molecule has 0 spiro atoms. The molecule has 1 heterocycles. The van der Waals surface area contributed by atoms with E-state index in [1.165, 1.54) is 72.1 Å². The molecule has 0 saturated carbocycles. The molecule has 0 unspecified atom stereocenters. The van der Waals surface area contributed by atoms with E-state index in [1.54, 1.807) is 0 Å². The minimum atomic E-state index is 0.343. The van der Waals surface area contributed by atoms with Crippen LogP contribution in [-0.2, 0) is 5.41 Å². The summed E-state index contributed by atoms with van der Waals surface area (Å²) in [4.78, 5) is 0. The first-order chi connectivity index (χ1) is 11.9. The summed E-state index contributed by atoms with van der Waals surface area (Å²) < 4.78 is 1.27. The minimum absolute atomic E-state index is 0.343.